The van der Waals surface area contributed by atoms with E-state index in [-0.39, 0.29) is 5.92 Å². The third-order valence-electron chi connectivity index (χ3n) is 4.07. The van der Waals surface area contributed by atoms with Gasteiger partial charge >= 0.3 is 5.97 Å². The molecule has 2 atom stereocenters. The number of aromatic nitrogens is 3. The van der Waals surface area contributed by atoms with Gasteiger partial charge in [-0.2, -0.15) is 0 Å². The fourth-order valence-electron chi connectivity index (χ4n) is 2.75. The minimum absolute atomic E-state index is 0.212. The van der Waals surface area contributed by atoms with E-state index in [0.29, 0.717) is 18.8 Å². The average molecular weight is 330 g/mol. The summed E-state index contributed by atoms with van der Waals surface area (Å²) >= 11 is 0. The molecule has 8 nitrogen and oxygen atoms in total. The first kappa shape index (κ1) is 16.1. The van der Waals surface area contributed by atoms with Crippen LogP contribution in [0.2, 0.25) is 0 Å². The Bertz CT molecular complexity index is 693. The van der Waals surface area contributed by atoms with Crippen molar-refractivity contribution in [3.8, 4) is 5.69 Å². The summed E-state index contributed by atoms with van der Waals surface area (Å²) in [5.74, 6) is -1.67. The number of rotatable bonds is 5. The van der Waals surface area contributed by atoms with Gasteiger partial charge in [-0.25, -0.2) is 4.79 Å². The second kappa shape index (κ2) is 7.22. The second-order valence-corrected chi connectivity index (χ2v) is 5.68. The largest absolute Gasteiger partial charge is 0.480 e. The molecule has 0 bridgehead atoms. The molecule has 0 saturated carbocycles. The molecule has 126 valence electrons. The second-order valence-electron chi connectivity index (χ2n) is 5.68. The van der Waals surface area contributed by atoms with Gasteiger partial charge in [0.2, 0.25) is 0 Å². The smallest absolute Gasteiger partial charge is 0.326 e. The highest BCUT2D eigenvalue weighted by molar-refractivity contribution is 5.96. The zero-order valence-corrected chi connectivity index (χ0v) is 13.0. The van der Waals surface area contributed by atoms with Gasteiger partial charge in [-0.1, -0.05) is 0 Å². The van der Waals surface area contributed by atoms with Crippen molar-refractivity contribution in [3.05, 3.63) is 42.5 Å². The molecule has 1 amide bonds. The maximum absolute atomic E-state index is 12.4. The van der Waals surface area contributed by atoms with Gasteiger partial charge in [-0.05, 0) is 37.1 Å². The number of aliphatic carboxylic acids is 1. The van der Waals surface area contributed by atoms with E-state index in [1.165, 1.54) is 0 Å². The third kappa shape index (κ3) is 3.60. The molecule has 1 aromatic carbocycles. The van der Waals surface area contributed by atoms with Crippen LogP contribution in [0.1, 0.15) is 23.2 Å². The first-order valence-corrected chi connectivity index (χ1v) is 7.71. The van der Waals surface area contributed by atoms with Gasteiger partial charge in [-0.15, -0.1) is 10.2 Å². The molecular weight excluding hydrogens is 312 g/mol. The fourth-order valence-corrected chi connectivity index (χ4v) is 2.75. The van der Waals surface area contributed by atoms with Crippen LogP contribution < -0.4 is 5.32 Å². The molecule has 2 unspecified atom stereocenters. The lowest BCUT2D eigenvalue weighted by Gasteiger charge is -2.28. The minimum atomic E-state index is -1.04. The number of ether oxygens (including phenoxy) is 1. The van der Waals surface area contributed by atoms with Crippen molar-refractivity contribution in [2.45, 2.75) is 18.9 Å². The Labute approximate surface area is 138 Å². The summed E-state index contributed by atoms with van der Waals surface area (Å²) in [6, 6.07) is 5.83. The highest BCUT2D eigenvalue weighted by atomic mass is 16.5. The van der Waals surface area contributed by atoms with Gasteiger partial charge < -0.3 is 15.2 Å². The lowest BCUT2D eigenvalue weighted by molar-refractivity contribution is -0.142. The van der Waals surface area contributed by atoms with Crippen LogP contribution in [0.4, 0.5) is 0 Å². The predicted octanol–water partition coefficient (Wildman–Crippen LogP) is 0.877. The first-order chi connectivity index (χ1) is 11.6. The summed E-state index contributed by atoms with van der Waals surface area (Å²) in [5, 5.41) is 19.5. The Balaban J connectivity index is 1.69. The Hall–Kier alpha value is -2.74. The van der Waals surface area contributed by atoms with Gasteiger partial charge in [0, 0.05) is 23.8 Å². The average Bonchev–Trinajstić information content (AvgIpc) is 3.15. The van der Waals surface area contributed by atoms with E-state index in [4.69, 9.17) is 4.74 Å². The minimum Gasteiger partial charge on any atom is -0.480 e. The van der Waals surface area contributed by atoms with Crippen LogP contribution in [0.3, 0.4) is 0 Å². The molecule has 1 aromatic heterocycles. The number of hydrogen-bond donors (Lipinski definition) is 2. The molecule has 24 heavy (non-hydrogen) atoms. The number of amides is 1. The van der Waals surface area contributed by atoms with Crippen molar-refractivity contribution in [1.82, 2.24) is 20.1 Å². The third-order valence-corrected chi connectivity index (χ3v) is 4.07. The number of hydrogen-bond acceptors (Lipinski definition) is 5. The molecule has 2 aromatic rings. The maximum Gasteiger partial charge on any atom is 0.326 e. The SMILES string of the molecule is O=C(NC(C(=O)O)C1CCCOC1)c1ccc(-n2cnnc2)cc1. The van der Waals surface area contributed by atoms with Crippen LogP contribution >= 0.6 is 0 Å². The number of benzene rings is 1. The van der Waals surface area contributed by atoms with E-state index in [2.05, 4.69) is 15.5 Å². The van der Waals surface area contributed by atoms with Gasteiger partial charge in [0.25, 0.3) is 5.91 Å². The summed E-state index contributed by atoms with van der Waals surface area (Å²) in [7, 11) is 0. The lowest BCUT2D eigenvalue weighted by Crippen LogP contribution is -2.48. The van der Waals surface area contributed by atoms with Gasteiger partial charge in [-0.3, -0.25) is 9.36 Å². The van der Waals surface area contributed by atoms with Gasteiger partial charge in [0.15, 0.2) is 0 Å². The van der Waals surface area contributed by atoms with Crippen molar-refractivity contribution in [2.24, 2.45) is 5.92 Å². The van der Waals surface area contributed by atoms with Gasteiger partial charge in [0.1, 0.15) is 18.7 Å². The first-order valence-electron chi connectivity index (χ1n) is 7.71. The van der Waals surface area contributed by atoms with Crippen LogP contribution in [0, 0.1) is 5.92 Å². The van der Waals surface area contributed by atoms with Crippen LogP contribution in [-0.4, -0.2) is 51.0 Å². The quantitative estimate of drug-likeness (QED) is 0.843. The van der Waals surface area contributed by atoms with E-state index in [9.17, 15) is 14.7 Å². The molecule has 1 saturated heterocycles. The monoisotopic (exact) mass is 330 g/mol. The summed E-state index contributed by atoms with van der Waals surface area (Å²) in [5.41, 5.74) is 1.21. The molecule has 2 N–H and O–H groups in total. The summed E-state index contributed by atoms with van der Waals surface area (Å²) in [6.07, 6.45) is 4.64. The Morgan fingerprint density at radius 3 is 2.54 bits per heavy atom. The van der Waals surface area contributed by atoms with Crippen LogP contribution in [0.15, 0.2) is 36.9 Å². The number of nitrogens with one attached hydrogen (secondary N) is 1. The van der Waals surface area contributed by atoms with E-state index in [0.717, 1.165) is 18.5 Å². The molecule has 2 heterocycles. The van der Waals surface area contributed by atoms with E-state index < -0.39 is 17.9 Å². The van der Waals surface area contributed by atoms with E-state index in [1.54, 1.807) is 41.5 Å². The highest BCUT2D eigenvalue weighted by Crippen LogP contribution is 2.18. The van der Waals surface area contributed by atoms with Crippen molar-refractivity contribution < 1.29 is 19.4 Å². The summed E-state index contributed by atoms with van der Waals surface area (Å²) < 4.78 is 7.04. The molecular formula is C16H18N4O4. The molecule has 1 fully saturated rings. The topological polar surface area (TPSA) is 106 Å². The number of carbonyl (C=O) groups is 2. The normalized spacial score (nSPS) is 18.8. The molecule has 0 aliphatic carbocycles. The number of carboxylic acid groups (broad SMARTS) is 1. The molecule has 3 rings (SSSR count). The van der Waals surface area contributed by atoms with Crippen LogP contribution in [0.5, 0.6) is 0 Å². The lowest BCUT2D eigenvalue weighted by atomic mass is 9.93. The van der Waals surface area contributed by atoms with Crippen molar-refractivity contribution >= 4 is 11.9 Å². The summed E-state index contributed by atoms with van der Waals surface area (Å²) in [6.45, 7) is 0.991. The van der Waals surface area contributed by atoms with Crippen molar-refractivity contribution in [3.63, 3.8) is 0 Å². The van der Waals surface area contributed by atoms with Gasteiger partial charge in [0.05, 0.1) is 6.61 Å². The molecule has 0 radical (unpaired) electrons. The summed E-state index contributed by atoms with van der Waals surface area (Å²) in [4.78, 5) is 23.8. The standard InChI is InChI=1S/C16H18N4O4/c21-15(19-14(16(22)23)12-2-1-7-24-8-12)11-3-5-13(6-4-11)20-9-17-18-10-20/h3-6,9-10,12,14H,1-2,7-8H2,(H,19,21)(H,22,23). The highest BCUT2D eigenvalue weighted by Gasteiger charge is 2.31. The van der Waals surface area contributed by atoms with Crippen molar-refractivity contribution in [2.75, 3.05) is 13.2 Å². The zero-order valence-electron chi connectivity index (χ0n) is 13.0. The predicted molar refractivity (Wildman–Crippen MR) is 83.8 cm³/mol. The Morgan fingerprint density at radius 2 is 1.96 bits per heavy atom. The van der Waals surface area contributed by atoms with Crippen molar-refractivity contribution in [1.29, 1.82) is 0 Å². The Morgan fingerprint density at radius 1 is 1.25 bits per heavy atom. The molecule has 1 aliphatic heterocycles. The van der Waals surface area contributed by atoms with Crippen LogP contribution in [-0.2, 0) is 9.53 Å². The number of nitrogens with zero attached hydrogens (tertiary/aromatic N) is 3. The Kier molecular flexibility index (Phi) is 4.85. The number of carbonyl (C=O) groups excluding carboxylic acids is 1. The molecule has 0 spiro atoms. The molecule has 1 aliphatic rings. The zero-order chi connectivity index (χ0) is 16.9. The fraction of sp³-hybridized carbons (Fsp3) is 0.375. The maximum atomic E-state index is 12.4. The molecule has 8 heteroatoms. The number of carboxylic acids is 1. The van der Waals surface area contributed by atoms with E-state index >= 15 is 0 Å². The van der Waals surface area contributed by atoms with E-state index in [1.807, 2.05) is 0 Å². The van der Waals surface area contributed by atoms with Crippen LogP contribution in [0.25, 0.3) is 5.69 Å².